The highest BCUT2D eigenvalue weighted by molar-refractivity contribution is 5.79. The van der Waals surface area contributed by atoms with Crippen LogP contribution in [0.15, 0.2) is 24.5 Å². The number of hydrogen-bond donors (Lipinski definition) is 1. The lowest BCUT2D eigenvalue weighted by molar-refractivity contribution is -0.127. The second-order valence-electron chi connectivity index (χ2n) is 4.96. The highest BCUT2D eigenvalue weighted by Gasteiger charge is 2.49. The van der Waals surface area contributed by atoms with Crippen molar-refractivity contribution in [2.24, 2.45) is 5.41 Å². The minimum Gasteiger partial charge on any atom is -0.380 e. The molecule has 0 amide bonds. The molecule has 0 bridgehead atoms. The van der Waals surface area contributed by atoms with E-state index in [1.165, 1.54) is 11.1 Å². The zero-order valence-corrected chi connectivity index (χ0v) is 8.94. The van der Waals surface area contributed by atoms with Crippen LogP contribution in [0.4, 0.5) is 5.69 Å². The molecule has 16 heavy (non-hydrogen) atoms. The summed E-state index contributed by atoms with van der Waals surface area (Å²) in [6, 6.07) is 4.26. The molecular weight excluding hydrogens is 202 g/mol. The van der Waals surface area contributed by atoms with Crippen LogP contribution in [-0.4, -0.2) is 36.3 Å². The summed E-state index contributed by atoms with van der Waals surface area (Å²) in [7, 11) is 0. The number of fused-ring (bicyclic) bond motifs is 1. The van der Waals surface area contributed by atoms with Gasteiger partial charge in [0.1, 0.15) is 5.65 Å². The summed E-state index contributed by atoms with van der Waals surface area (Å²) in [5.74, 6) is 0. The molecule has 2 aliphatic heterocycles. The van der Waals surface area contributed by atoms with Crippen LogP contribution in [0.25, 0.3) is 11.0 Å². The summed E-state index contributed by atoms with van der Waals surface area (Å²) in [4.78, 5) is 9.89. The number of aromatic nitrogens is 2. The summed E-state index contributed by atoms with van der Waals surface area (Å²) in [6.45, 7) is 4.10. The van der Waals surface area contributed by atoms with Crippen molar-refractivity contribution in [3.63, 3.8) is 0 Å². The van der Waals surface area contributed by atoms with Gasteiger partial charge < -0.3 is 14.6 Å². The molecule has 0 unspecified atom stereocenters. The van der Waals surface area contributed by atoms with Crippen LogP contribution >= 0.6 is 0 Å². The summed E-state index contributed by atoms with van der Waals surface area (Å²) < 4.78 is 5.27. The third-order valence-electron chi connectivity index (χ3n) is 3.62. The molecule has 0 saturated carbocycles. The molecule has 4 heterocycles. The van der Waals surface area contributed by atoms with Crippen LogP contribution in [0.2, 0.25) is 0 Å². The maximum atomic E-state index is 5.27. The zero-order valence-electron chi connectivity index (χ0n) is 8.94. The lowest BCUT2D eigenvalue weighted by atomic mass is 9.78. The number of H-pyrrole nitrogens is 1. The molecule has 82 valence electrons. The van der Waals surface area contributed by atoms with Crippen molar-refractivity contribution < 1.29 is 4.74 Å². The largest absolute Gasteiger partial charge is 0.380 e. The molecule has 0 atom stereocenters. The van der Waals surface area contributed by atoms with Crippen molar-refractivity contribution >= 4 is 16.7 Å². The van der Waals surface area contributed by atoms with Gasteiger partial charge in [0.2, 0.25) is 0 Å². The van der Waals surface area contributed by atoms with Crippen molar-refractivity contribution in [1.29, 1.82) is 0 Å². The first-order valence-corrected chi connectivity index (χ1v) is 5.61. The Kier molecular flexibility index (Phi) is 1.48. The molecule has 0 radical (unpaired) electrons. The Morgan fingerprint density at radius 3 is 3.00 bits per heavy atom. The van der Waals surface area contributed by atoms with Crippen LogP contribution in [0.3, 0.4) is 0 Å². The molecule has 0 aliphatic carbocycles. The zero-order chi connectivity index (χ0) is 10.6. The van der Waals surface area contributed by atoms with Gasteiger partial charge in [0.05, 0.1) is 30.5 Å². The van der Waals surface area contributed by atoms with E-state index in [-0.39, 0.29) is 0 Å². The number of anilines is 1. The molecule has 4 heteroatoms. The van der Waals surface area contributed by atoms with E-state index in [4.69, 9.17) is 4.74 Å². The van der Waals surface area contributed by atoms with E-state index < -0.39 is 0 Å². The van der Waals surface area contributed by atoms with E-state index in [2.05, 4.69) is 27.0 Å². The molecule has 2 aliphatic rings. The third-order valence-corrected chi connectivity index (χ3v) is 3.62. The van der Waals surface area contributed by atoms with Crippen molar-refractivity contribution in [2.45, 2.75) is 0 Å². The Hall–Kier alpha value is -1.55. The summed E-state index contributed by atoms with van der Waals surface area (Å²) in [5.41, 5.74) is 2.66. The predicted molar refractivity (Wildman–Crippen MR) is 61.6 cm³/mol. The molecule has 4 rings (SSSR count). The molecule has 4 nitrogen and oxygen atoms in total. The monoisotopic (exact) mass is 215 g/mol. The van der Waals surface area contributed by atoms with Gasteiger partial charge in [-0.25, -0.2) is 4.98 Å². The fourth-order valence-electron chi connectivity index (χ4n) is 2.62. The van der Waals surface area contributed by atoms with Crippen LogP contribution in [0, 0.1) is 5.41 Å². The third kappa shape index (κ3) is 1.05. The van der Waals surface area contributed by atoms with Crippen LogP contribution in [-0.2, 0) is 4.74 Å². The smallest absolute Gasteiger partial charge is 0.137 e. The Morgan fingerprint density at radius 2 is 2.25 bits per heavy atom. The van der Waals surface area contributed by atoms with Gasteiger partial charge in [-0.3, -0.25) is 0 Å². The number of hydrogen-bond acceptors (Lipinski definition) is 3. The number of nitrogens with one attached hydrogen (secondary N) is 1. The van der Waals surface area contributed by atoms with E-state index in [0.717, 1.165) is 32.0 Å². The Bertz CT molecular complexity index is 536. The molecule has 0 aromatic carbocycles. The summed E-state index contributed by atoms with van der Waals surface area (Å²) >= 11 is 0. The highest BCUT2D eigenvalue weighted by Crippen LogP contribution is 2.40. The summed E-state index contributed by atoms with van der Waals surface area (Å²) in [5, 5.41) is 1.18. The van der Waals surface area contributed by atoms with Gasteiger partial charge in [-0.15, -0.1) is 0 Å². The van der Waals surface area contributed by atoms with Gasteiger partial charge in [-0.1, -0.05) is 0 Å². The van der Waals surface area contributed by atoms with E-state index >= 15 is 0 Å². The fourth-order valence-corrected chi connectivity index (χ4v) is 2.62. The molecule has 2 aromatic rings. The van der Waals surface area contributed by atoms with Gasteiger partial charge in [-0.2, -0.15) is 0 Å². The average molecular weight is 215 g/mol. The number of rotatable bonds is 1. The predicted octanol–water partition coefficient (Wildman–Crippen LogP) is 1.40. The fraction of sp³-hybridized carbons (Fsp3) is 0.417. The Morgan fingerprint density at radius 1 is 1.38 bits per heavy atom. The van der Waals surface area contributed by atoms with Crippen LogP contribution < -0.4 is 4.90 Å². The lowest BCUT2D eigenvalue weighted by Crippen LogP contribution is -2.66. The van der Waals surface area contributed by atoms with Gasteiger partial charge >= 0.3 is 0 Å². The standard InChI is InChI=1S/C12H13N3O/c1-2-13-11-9(1)3-10(4-14-11)15-5-12(6-15)7-16-8-12/h1-4H,5-8H2,(H,13,14). The van der Waals surface area contributed by atoms with E-state index in [0.29, 0.717) is 5.41 Å². The maximum absolute atomic E-state index is 5.27. The topological polar surface area (TPSA) is 41.1 Å². The first-order valence-electron chi connectivity index (χ1n) is 5.61. The Labute approximate surface area is 93.2 Å². The Balaban J connectivity index is 1.62. The molecule has 2 saturated heterocycles. The van der Waals surface area contributed by atoms with E-state index in [9.17, 15) is 0 Å². The number of nitrogens with zero attached hydrogens (tertiary/aromatic N) is 2. The molecule has 1 spiro atoms. The van der Waals surface area contributed by atoms with E-state index in [1.807, 2.05) is 12.4 Å². The van der Waals surface area contributed by atoms with E-state index in [1.54, 1.807) is 0 Å². The number of ether oxygens (including phenoxy) is 1. The first kappa shape index (κ1) is 8.58. The molecule has 2 aromatic heterocycles. The minimum atomic E-state index is 0.465. The summed E-state index contributed by atoms with van der Waals surface area (Å²) in [6.07, 6.45) is 3.88. The number of pyridine rings is 1. The first-order chi connectivity index (χ1) is 7.85. The second-order valence-corrected chi connectivity index (χ2v) is 4.96. The molecular formula is C12H13N3O. The van der Waals surface area contributed by atoms with Gasteiger partial charge in [0, 0.05) is 24.7 Å². The highest BCUT2D eigenvalue weighted by atomic mass is 16.5. The minimum absolute atomic E-state index is 0.465. The van der Waals surface area contributed by atoms with Crippen molar-refractivity contribution in [1.82, 2.24) is 9.97 Å². The normalized spacial score (nSPS) is 22.1. The lowest BCUT2D eigenvalue weighted by Gasteiger charge is -2.55. The van der Waals surface area contributed by atoms with Gasteiger partial charge in [0.15, 0.2) is 0 Å². The number of aromatic amines is 1. The van der Waals surface area contributed by atoms with Gasteiger partial charge in [-0.05, 0) is 12.1 Å². The average Bonchev–Trinajstić information content (AvgIpc) is 2.60. The second kappa shape index (κ2) is 2.77. The van der Waals surface area contributed by atoms with Crippen LogP contribution in [0.1, 0.15) is 0 Å². The molecule has 1 N–H and O–H groups in total. The molecule has 2 fully saturated rings. The van der Waals surface area contributed by atoms with Crippen molar-refractivity contribution in [3.8, 4) is 0 Å². The quantitative estimate of drug-likeness (QED) is 0.781. The van der Waals surface area contributed by atoms with Gasteiger partial charge in [0.25, 0.3) is 0 Å². The van der Waals surface area contributed by atoms with Crippen molar-refractivity contribution in [3.05, 3.63) is 24.5 Å². The maximum Gasteiger partial charge on any atom is 0.137 e. The SMILES string of the molecule is c1cc2cc(N3CC4(COC4)C3)cnc2[nH]1. The van der Waals surface area contributed by atoms with Crippen molar-refractivity contribution in [2.75, 3.05) is 31.2 Å². The van der Waals surface area contributed by atoms with Crippen LogP contribution in [0.5, 0.6) is 0 Å².